The van der Waals surface area contributed by atoms with Crippen LogP contribution in [0.1, 0.15) is 10.4 Å². The van der Waals surface area contributed by atoms with Gasteiger partial charge in [0.25, 0.3) is 5.91 Å². The molecule has 3 aromatic rings. The van der Waals surface area contributed by atoms with Crippen molar-refractivity contribution in [3.8, 4) is 17.0 Å². The molecule has 1 fully saturated rings. The van der Waals surface area contributed by atoms with E-state index >= 15 is 0 Å². The number of carbonyl (C=O) groups is 1. The zero-order valence-corrected chi connectivity index (χ0v) is 16.6. The van der Waals surface area contributed by atoms with Gasteiger partial charge in [-0.2, -0.15) is 0 Å². The summed E-state index contributed by atoms with van der Waals surface area (Å²) < 4.78 is 40.7. The molecule has 0 bridgehead atoms. The number of halogens is 3. The zero-order chi connectivity index (χ0) is 22.9. The van der Waals surface area contributed by atoms with Crippen LogP contribution in [-0.4, -0.2) is 52.8 Å². The quantitative estimate of drug-likeness (QED) is 0.481. The number of aromatic nitrogens is 1. The first-order chi connectivity index (χ1) is 15.2. The molecule has 0 aliphatic carbocycles. The summed E-state index contributed by atoms with van der Waals surface area (Å²) in [5.41, 5.74) is 2.83. The molecule has 1 aromatic heterocycles. The van der Waals surface area contributed by atoms with Gasteiger partial charge in [0.15, 0.2) is 0 Å². The number of hydrogen-bond donors (Lipinski definition) is 4. The smallest absolute Gasteiger partial charge is 0.406 e. The number of alkyl halides is 3. The van der Waals surface area contributed by atoms with Crippen LogP contribution in [0.3, 0.4) is 0 Å². The van der Waals surface area contributed by atoms with Crippen molar-refractivity contribution < 1.29 is 32.9 Å². The van der Waals surface area contributed by atoms with Crippen molar-refractivity contribution in [1.82, 2.24) is 4.98 Å². The van der Waals surface area contributed by atoms with Crippen molar-refractivity contribution in [2.24, 2.45) is 0 Å². The van der Waals surface area contributed by atoms with Gasteiger partial charge in [0.2, 0.25) is 0 Å². The normalized spacial score (nSPS) is 18.6. The number of rotatable bonds is 5. The number of nitrogens with one attached hydrogen (secondary N) is 2. The Morgan fingerprint density at radius 1 is 1.06 bits per heavy atom. The molecule has 0 spiro atoms. The molecular weight excluding hydrogens is 427 g/mol. The van der Waals surface area contributed by atoms with E-state index in [1.54, 1.807) is 24.4 Å². The molecule has 168 valence electrons. The molecular formula is C22H20F3N3O4. The predicted octanol–water partition coefficient (Wildman–Crippen LogP) is 3.37. The van der Waals surface area contributed by atoms with E-state index in [2.05, 4.69) is 15.0 Å². The molecule has 2 unspecified atom stereocenters. The highest BCUT2D eigenvalue weighted by molar-refractivity contribution is 6.05. The van der Waals surface area contributed by atoms with Crippen molar-refractivity contribution in [2.75, 3.05) is 23.3 Å². The predicted molar refractivity (Wildman–Crippen MR) is 112 cm³/mol. The maximum atomic E-state index is 12.8. The van der Waals surface area contributed by atoms with Gasteiger partial charge in [0, 0.05) is 47.5 Å². The number of nitrogens with zero attached hydrogens (tertiary/aromatic N) is 1. The summed E-state index contributed by atoms with van der Waals surface area (Å²) in [6, 6.07) is 13.5. The number of β-amino-alcohol motifs (C(OH)–C–C–N with tert-alkyl or cyclic N) is 2. The number of benzene rings is 2. The third-order valence-electron chi connectivity index (χ3n) is 5.09. The molecule has 1 saturated heterocycles. The summed E-state index contributed by atoms with van der Waals surface area (Å²) in [4.78, 5) is 17.7. The van der Waals surface area contributed by atoms with Gasteiger partial charge in [-0.1, -0.05) is 0 Å². The van der Waals surface area contributed by atoms with Crippen LogP contribution in [0.15, 0.2) is 60.8 Å². The van der Waals surface area contributed by atoms with Gasteiger partial charge < -0.3 is 30.2 Å². The minimum atomic E-state index is -4.79. The molecule has 0 saturated carbocycles. The van der Waals surface area contributed by atoms with Crippen LogP contribution in [-0.2, 0) is 0 Å². The molecule has 32 heavy (non-hydrogen) atoms. The Labute approximate surface area is 181 Å². The fraction of sp³-hybridized carbons (Fsp3) is 0.227. The van der Waals surface area contributed by atoms with E-state index in [0.717, 1.165) is 23.5 Å². The monoisotopic (exact) mass is 447 g/mol. The molecule has 7 nitrogen and oxygen atoms in total. The molecule has 1 aliphatic rings. The van der Waals surface area contributed by atoms with Gasteiger partial charge in [-0.25, -0.2) is 0 Å². The molecule has 2 aromatic carbocycles. The van der Waals surface area contributed by atoms with Crippen molar-refractivity contribution in [2.45, 2.75) is 18.6 Å². The van der Waals surface area contributed by atoms with Crippen molar-refractivity contribution in [3.63, 3.8) is 0 Å². The maximum absolute atomic E-state index is 12.8. The first-order valence-corrected chi connectivity index (χ1v) is 9.76. The molecule has 0 radical (unpaired) electrons. The van der Waals surface area contributed by atoms with Gasteiger partial charge >= 0.3 is 6.36 Å². The van der Waals surface area contributed by atoms with E-state index in [9.17, 15) is 28.2 Å². The highest BCUT2D eigenvalue weighted by Crippen LogP contribution is 2.33. The first kappa shape index (κ1) is 21.7. The second-order valence-electron chi connectivity index (χ2n) is 7.38. The maximum Gasteiger partial charge on any atom is 0.573 e. The van der Waals surface area contributed by atoms with E-state index in [1.165, 1.54) is 12.1 Å². The highest BCUT2D eigenvalue weighted by Gasteiger charge is 2.32. The standard InChI is InChI=1S/C22H20F3N3O4/c23-22(24,25)32-15-6-4-14(5-7-15)27-21(31)13-3-8-18(28-11-19(29)20(30)12-28)16(10-13)17-2-1-9-26-17/h1-10,19-20,26,29-30H,11-12H2,(H,27,31). The Morgan fingerprint density at radius 3 is 2.34 bits per heavy atom. The van der Waals surface area contributed by atoms with Gasteiger partial charge in [-0.15, -0.1) is 13.2 Å². The lowest BCUT2D eigenvalue weighted by Gasteiger charge is -2.22. The zero-order valence-electron chi connectivity index (χ0n) is 16.6. The number of aliphatic hydroxyl groups excluding tert-OH is 2. The average molecular weight is 447 g/mol. The summed E-state index contributed by atoms with van der Waals surface area (Å²) in [6.07, 6.45) is -4.77. The Bertz CT molecular complexity index is 1070. The lowest BCUT2D eigenvalue weighted by Crippen LogP contribution is -2.22. The summed E-state index contributed by atoms with van der Waals surface area (Å²) >= 11 is 0. The number of aliphatic hydroxyl groups is 2. The van der Waals surface area contributed by atoms with E-state index in [1.807, 2.05) is 17.0 Å². The summed E-state index contributed by atoms with van der Waals surface area (Å²) in [7, 11) is 0. The fourth-order valence-corrected chi connectivity index (χ4v) is 3.58. The van der Waals surface area contributed by atoms with Crippen molar-refractivity contribution >= 4 is 17.3 Å². The van der Waals surface area contributed by atoms with Crippen LogP contribution >= 0.6 is 0 Å². The Morgan fingerprint density at radius 2 is 1.75 bits per heavy atom. The Kier molecular flexibility index (Phi) is 5.81. The number of hydrogen-bond acceptors (Lipinski definition) is 5. The third kappa shape index (κ3) is 4.87. The van der Waals surface area contributed by atoms with Gasteiger partial charge in [0.05, 0.1) is 12.2 Å². The third-order valence-corrected chi connectivity index (χ3v) is 5.09. The van der Waals surface area contributed by atoms with Crippen LogP contribution in [0.4, 0.5) is 24.5 Å². The SMILES string of the molecule is O=C(Nc1ccc(OC(F)(F)F)cc1)c1ccc(N2CC(O)C(O)C2)c(-c2ccc[nH]2)c1. The molecule has 1 aliphatic heterocycles. The number of amides is 1. The minimum absolute atomic E-state index is 0.257. The van der Waals surface area contributed by atoms with Crippen molar-refractivity contribution in [1.29, 1.82) is 0 Å². The second kappa shape index (κ2) is 8.56. The number of carbonyl (C=O) groups excluding carboxylic acids is 1. The molecule has 4 N–H and O–H groups in total. The van der Waals surface area contributed by atoms with Crippen LogP contribution < -0.4 is 15.0 Å². The second-order valence-corrected chi connectivity index (χ2v) is 7.38. The Balaban J connectivity index is 1.56. The van der Waals surface area contributed by atoms with E-state index in [0.29, 0.717) is 16.8 Å². The topological polar surface area (TPSA) is 97.8 Å². The summed E-state index contributed by atoms with van der Waals surface area (Å²) in [5, 5.41) is 22.5. The Hall–Kier alpha value is -3.50. The lowest BCUT2D eigenvalue weighted by molar-refractivity contribution is -0.274. The number of ether oxygens (including phenoxy) is 1. The number of anilines is 2. The van der Waals surface area contributed by atoms with Crippen molar-refractivity contribution in [3.05, 3.63) is 66.4 Å². The highest BCUT2D eigenvalue weighted by atomic mass is 19.4. The average Bonchev–Trinajstić information content (AvgIpc) is 3.38. The van der Waals surface area contributed by atoms with E-state index in [-0.39, 0.29) is 18.8 Å². The molecule has 2 atom stereocenters. The lowest BCUT2D eigenvalue weighted by atomic mass is 10.0. The molecule has 10 heteroatoms. The molecule has 4 rings (SSSR count). The van der Waals surface area contributed by atoms with E-state index < -0.39 is 24.5 Å². The first-order valence-electron chi connectivity index (χ1n) is 9.76. The summed E-state index contributed by atoms with van der Waals surface area (Å²) in [5.74, 6) is -0.834. The largest absolute Gasteiger partial charge is 0.573 e. The van der Waals surface area contributed by atoms with E-state index in [4.69, 9.17) is 0 Å². The summed E-state index contributed by atoms with van der Waals surface area (Å²) in [6.45, 7) is 0.513. The number of aromatic amines is 1. The van der Waals surface area contributed by atoms with Crippen LogP contribution in [0.2, 0.25) is 0 Å². The van der Waals surface area contributed by atoms with Gasteiger partial charge in [0.1, 0.15) is 5.75 Å². The van der Waals surface area contributed by atoms with Crippen LogP contribution in [0.5, 0.6) is 5.75 Å². The van der Waals surface area contributed by atoms with Gasteiger partial charge in [-0.05, 0) is 54.6 Å². The minimum Gasteiger partial charge on any atom is -0.406 e. The molecule has 2 heterocycles. The van der Waals surface area contributed by atoms with Crippen LogP contribution in [0.25, 0.3) is 11.3 Å². The van der Waals surface area contributed by atoms with Gasteiger partial charge in [-0.3, -0.25) is 4.79 Å². The van der Waals surface area contributed by atoms with Crippen LogP contribution in [0, 0.1) is 0 Å². The molecule has 1 amide bonds. The fourth-order valence-electron chi connectivity index (χ4n) is 3.58. The number of H-pyrrole nitrogens is 1.